The summed E-state index contributed by atoms with van der Waals surface area (Å²) in [6, 6.07) is 3.76. The molecule has 1 atom stereocenters. The lowest BCUT2D eigenvalue weighted by molar-refractivity contribution is -0.118. The van der Waals surface area contributed by atoms with E-state index in [4.69, 9.17) is 12.2 Å². The van der Waals surface area contributed by atoms with Gasteiger partial charge in [0.2, 0.25) is 0 Å². The first kappa shape index (κ1) is 20.7. The summed E-state index contributed by atoms with van der Waals surface area (Å²) in [4.78, 5) is 40.8. The molecule has 1 aliphatic heterocycles. The Hall–Kier alpha value is -2.58. The molecular weight excluding hydrogens is 398 g/mol. The largest absolute Gasteiger partial charge is 0.329 e. The molecule has 0 saturated carbocycles. The maximum absolute atomic E-state index is 13.4. The standard InChI is InChI=1S/C22H27N5O2S/c1-22(2)11-14-17(15(28)12-22)16(13-5-7-23-8-6-13)18-19(24-21(30)25-20(18)29)27(14)10-9-26(3)4/h5-8,16H,9-12H2,1-4H3,(H2,24,25,29,30). The van der Waals surface area contributed by atoms with E-state index in [1.165, 1.54) is 0 Å². The molecule has 0 amide bonds. The number of pyridine rings is 1. The number of anilines is 1. The third-order valence-electron chi connectivity index (χ3n) is 5.84. The minimum Gasteiger partial charge on any atom is -0.329 e. The van der Waals surface area contributed by atoms with Crippen LogP contribution in [0.4, 0.5) is 5.82 Å². The maximum atomic E-state index is 13.4. The molecule has 0 bridgehead atoms. The lowest BCUT2D eigenvalue weighted by Gasteiger charge is -2.44. The summed E-state index contributed by atoms with van der Waals surface area (Å²) in [5, 5.41) is 0. The summed E-state index contributed by atoms with van der Waals surface area (Å²) < 4.78 is 0.285. The highest BCUT2D eigenvalue weighted by Crippen LogP contribution is 2.49. The fourth-order valence-corrected chi connectivity index (χ4v) is 4.74. The lowest BCUT2D eigenvalue weighted by atomic mass is 9.69. The second-order valence-corrected chi connectivity index (χ2v) is 9.55. The van der Waals surface area contributed by atoms with Crippen LogP contribution in [0.1, 0.15) is 43.7 Å². The number of H-pyrrole nitrogens is 2. The number of hydrogen-bond donors (Lipinski definition) is 2. The number of aromatic amines is 2. The predicted octanol–water partition coefficient (Wildman–Crippen LogP) is 2.98. The van der Waals surface area contributed by atoms with Gasteiger partial charge in [0.1, 0.15) is 5.82 Å². The van der Waals surface area contributed by atoms with Crippen LogP contribution in [0.15, 0.2) is 40.6 Å². The van der Waals surface area contributed by atoms with Gasteiger partial charge in [0.15, 0.2) is 10.6 Å². The third kappa shape index (κ3) is 3.65. The smallest absolute Gasteiger partial charge is 0.257 e. The number of aromatic nitrogens is 3. The fourth-order valence-electron chi connectivity index (χ4n) is 4.55. The highest BCUT2D eigenvalue weighted by Gasteiger charge is 2.44. The van der Waals surface area contributed by atoms with E-state index >= 15 is 0 Å². The first-order valence-electron chi connectivity index (χ1n) is 10.1. The Balaban J connectivity index is 2.02. The molecule has 0 saturated heterocycles. The van der Waals surface area contributed by atoms with Crippen LogP contribution in [0.2, 0.25) is 0 Å². The monoisotopic (exact) mass is 425 g/mol. The van der Waals surface area contributed by atoms with Crippen molar-refractivity contribution in [2.24, 2.45) is 5.41 Å². The van der Waals surface area contributed by atoms with Crippen molar-refractivity contribution < 1.29 is 4.79 Å². The van der Waals surface area contributed by atoms with E-state index in [2.05, 4.69) is 38.6 Å². The zero-order valence-electron chi connectivity index (χ0n) is 17.8. The summed E-state index contributed by atoms with van der Waals surface area (Å²) in [5.74, 6) is 0.356. The minimum absolute atomic E-state index is 0.102. The van der Waals surface area contributed by atoms with Crippen LogP contribution in [-0.2, 0) is 4.79 Å². The van der Waals surface area contributed by atoms with Gasteiger partial charge >= 0.3 is 0 Å². The van der Waals surface area contributed by atoms with E-state index in [9.17, 15) is 9.59 Å². The molecule has 2 N–H and O–H groups in total. The second-order valence-electron chi connectivity index (χ2n) is 9.14. The van der Waals surface area contributed by atoms with Crippen LogP contribution in [0.25, 0.3) is 0 Å². The van der Waals surface area contributed by atoms with Crippen LogP contribution < -0.4 is 10.5 Å². The average molecular weight is 426 g/mol. The van der Waals surface area contributed by atoms with Gasteiger partial charge < -0.3 is 14.8 Å². The Labute approximate surface area is 180 Å². The van der Waals surface area contributed by atoms with E-state index in [1.807, 2.05) is 26.2 Å². The number of rotatable bonds is 4. The molecule has 0 radical (unpaired) electrons. The number of ketones is 1. The summed E-state index contributed by atoms with van der Waals surface area (Å²) in [5.41, 5.74) is 2.74. The number of hydrogen-bond acceptors (Lipinski definition) is 6. The van der Waals surface area contributed by atoms with Crippen molar-refractivity contribution >= 4 is 23.8 Å². The SMILES string of the molecule is CN(C)CCN1C2=C(C(=O)CC(C)(C)C2)C(c2ccncc2)c2c1[nH]c(=S)[nH]c2=O. The summed E-state index contributed by atoms with van der Waals surface area (Å²) >= 11 is 5.30. The summed E-state index contributed by atoms with van der Waals surface area (Å²) in [6.07, 6.45) is 4.62. The van der Waals surface area contributed by atoms with E-state index in [-0.39, 0.29) is 21.5 Å². The van der Waals surface area contributed by atoms with Gasteiger partial charge in [0.25, 0.3) is 5.56 Å². The van der Waals surface area contributed by atoms with Crippen LogP contribution in [0.3, 0.4) is 0 Å². The molecule has 3 heterocycles. The zero-order chi connectivity index (χ0) is 21.6. The Morgan fingerprint density at radius 3 is 2.57 bits per heavy atom. The van der Waals surface area contributed by atoms with Gasteiger partial charge in [-0.05, 0) is 55.8 Å². The number of fused-ring (bicyclic) bond motifs is 1. The third-order valence-corrected chi connectivity index (χ3v) is 6.04. The Bertz CT molecular complexity index is 1130. The molecule has 7 nitrogen and oxygen atoms in total. The van der Waals surface area contributed by atoms with Crippen LogP contribution in [-0.4, -0.2) is 52.8 Å². The minimum atomic E-state index is -0.437. The quantitative estimate of drug-likeness (QED) is 0.733. The van der Waals surface area contributed by atoms with Gasteiger partial charge in [-0.2, -0.15) is 0 Å². The highest BCUT2D eigenvalue weighted by atomic mass is 32.1. The van der Waals surface area contributed by atoms with Crippen molar-refractivity contribution in [3.8, 4) is 0 Å². The molecule has 8 heteroatoms. The number of nitrogens with one attached hydrogen (secondary N) is 2. The molecule has 1 unspecified atom stereocenters. The summed E-state index contributed by atoms with van der Waals surface area (Å²) in [6.45, 7) is 5.67. The molecule has 2 aliphatic rings. The average Bonchev–Trinajstić information content (AvgIpc) is 2.65. The normalized spacial score (nSPS) is 20.4. The second kappa shape index (κ2) is 7.59. The molecule has 0 spiro atoms. The van der Waals surface area contributed by atoms with Crippen molar-refractivity contribution in [3.63, 3.8) is 0 Å². The van der Waals surface area contributed by atoms with Crippen LogP contribution >= 0.6 is 12.2 Å². The maximum Gasteiger partial charge on any atom is 0.257 e. The molecule has 4 rings (SSSR count). The zero-order valence-corrected chi connectivity index (χ0v) is 18.6. The molecule has 2 aromatic heterocycles. The van der Waals surface area contributed by atoms with Crippen molar-refractivity contribution in [1.82, 2.24) is 19.9 Å². The first-order chi connectivity index (χ1) is 14.2. The number of likely N-dealkylation sites (N-methyl/N-ethyl adjacent to an activating group) is 1. The Kier molecular flexibility index (Phi) is 5.23. The number of carbonyl (C=O) groups is 1. The summed E-state index contributed by atoms with van der Waals surface area (Å²) in [7, 11) is 4.02. The number of carbonyl (C=O) groups excluding carboxylic acids is 1. The van der Waals surface area contributed by atoms with Crippen molar-refractivity contribution in [2.45, 2.75) is 32.6 Å². The van der Waals surface area contributed by atoms with Crippen molar-refractivity contribution in [1.29, 1.82) is 0 Å². The molecule has 0 fully saturated rings. The first-order valence-corrected chi connectivity index (χ1v) is 10.5. The number of nitrogens with zero attached hydrogens (tertiary/aromatic N) is 3. The topological polar surface area (TPSA) is 85.1 Å². The molecule has 30 heavy (non-hydrogen) atoms. The molecule has 1 aliphatic carbocycles. The van der Waals surface area contributed by atoms with Gasteiger partial charge in [-0.15, -0.1) is 0 Å². The van der Waals surface area contributed by atoms with E-state index in [1.54, 1.807) is 12.4 Å². The van der Waals surface area contributed by atoms with Crippen molar-refractivity contribution in [2.75, 3.05) is 32.1 Å². The van der Waals surface area contributed by atoms with Crippen LogP contribution in [0, 0.1) is 10.2 Å². The molecule has 158 valence electrons. The number of allylic oxidation sites excluding steroid dienone is 2. The van der Waals surface area contributed by atoms with Gasteiger partial charge in [0, 0.05) is 49.1 Å². The Morgan fingerprint density at radius 1 is 1.20 bits per heavy atom. The molecule has 2 aromatic rings. The van der Waals surface area contributed by atoms with Crippen LogP contribution in [0.5, 0.6) is 0 Å². The lowest BCUT2D eigenvalue weighted by Crippen LogP contribution is -2.44. The van der Waals surface area contributed by atoms with E-state index < -0.39 is 5.92 Å². The fraction of sp³-hybridized carbons (Fsp3) is 0.455. The van der Waals surface area contributed by atoms with Gasteiger partial charge in [-0.1, -0.05) is 13.8 Å². The van der Waals surface area contributed by atoms with Gasteiger partial charge in [-0.3, -0.25) is 19.6 Å². The van der Waals surface area contributed by atoms with Gasteiger partial charge in [-0.25, -0.2) is 0 Å². The van der Waals surface area contributed by atoms with Crippen molar-refractivity contribution in [3.05, 3.63) is 62.0 Å². The Morgan fingerprint density at radius 2 is 1.90 bits per heavy atom. The van der Waals surface area contributed by atoms with Gasteiger partial charge in [0.05, 0.1) is 5.56 Å². The highest BCUT2D eigenvalue weighted by molar-refractivity contribution is 7.71. The molecule has 0 aromatic carbocycles. The van der Waals surface area contributed by atoms with E-state index in [0.717, 1.165) is 29.8 Å². The number of Topliss-reactive ketones (excluding diaryl/α,β-unsaturated/α-hetero) is 1. The molecular formula is C22H27N5O2S. The predicted molar refractivity (Wildman–Crippen MR) is 119 cm³/mol. The van der Waals surface area contributed by atoms with E-state index in [0.29, 0.717) is 24.3 Å².